The van der Waals surface area contributed by atoms with Crippen LogP contribution in [0.5, 0.6) is 0 Å². The number of hydrogen-bond donors (Lipinski definition) is 2. The molecule has 0 unspecified atom stereocenters. The molecule has 0 radical (unpaired) electrons. The molecule has 0 bridgehead atoms. The van der Waals surface area contributed by atoms with Crippen molar-refractivity contribution in [2.75, 3.05) is 10.6 Å². The Morgan fingerprint density at radius 1 is 0.962 bits per heavy atom. The molecule has 1 aromatic heterocycles. The van der Waals surface area contributed by atoms with Gasteiger partial charge in [-0.25, -0.2) is 18.7 Å². The molecule has 0 saturated carbocycles. The van der Waals surface area contributed by atoms with Gasteiger partial charge in [-0.3, -0.25) is 4.79 Å². The topological polar surface area (TPSA) is 66.9 Å². The van der Waals surface area contributed by atoms with Crippen molar-refractivity contribution < 1.29 is 13.6 Å². The molecule has 9 heteroatoms. The monoisotopic (exact) mass is 394 g/mol. The molecule has 2 N–H and O–H groups in total. The van der Waals surface area contributed by atoms with Crippen LogP contribution in [0.1, 0.15) is 10.4 Å². The molecular formula is C17H10Cl2F2N4O. The molecule has 1 amide bonds. The average molecular weight is 395 g/mol. The molecule has 5 nitrogen and oxygen atoms in total. The Bertz CT molecular complexity index is 927. The second-order valence-electron chi connectivity index (χ2n) is 5.13. The zero-order valence-electron chi connectivity index (χ0n) is 12.9. The summed E-state index contributed by atoms with van der Waals surface area (Å²) in [4.78, 5) is 20.1. The summed E-state index contributed by atoms with van der Waals surface area (Å²) < 4.78 is 27.2. The summed E-state index contributed by atoms with van der Waals surface area (Å²) in [5.41, 5.74) is 0.0590. The minimum absolute atomic E-state index is 0.0299. The Balaban J connectivity index is 1.73. The second-order valence-corrected chi connectivity index (χ2v) is 6.00. The number of hydrogen-bond acceptors (Lipinski definition) is 4. The van der Waals surface area contributed by atoms with Gasteiger partial charge in [0.1, 0.15) is 17.3 Å². The van der Waals surface area contributed by atoms with Crippen LogP contribution >= 0.6 is 23.2 Å². The van der Waals surface area contributed by atoms with Crippen LogP contribution in [0.15, 0.2) is 48.8 Å². The Morgan fingerprint density at radius 3 is 2.12 bits per heavy atom. The molecule has 0 aliphatic rings. The highest BCUT2D eigenvalue weighted by Crippen LogP contribution is 2.24. The maximum absolute atomic E-state index is 13.6. The van der Waals surface area contributed by atoms with E-state index in [-0.39, 0.29) is 11.5 Å². The lowest BCUT2D eigenvalue weighted by Gasteiger charge is -2.08. The number of amides is 1. The van der Waals surface area contributed by atoms with E-state index in [4.69, 9.17) is 23.2 Å². The molecule has 3 aromatic rings. The smallest absolute Gasteiger partial charge is 0.258 e. The SMILES string of the molecule is O=C(Nc1c(F)cccc1F)c1cnc(Nc2cc(Cl)cc(Cl)c2)nc1. The number of carbonyl (C=O) groups is 1. The van der Waals surface area contributed by atoms with E-state index in [0.29, 0.717) is 15.7 Å². The molecule has 26 heavy (non-hydrogen) atoms. The lowest BCUT2D eigenvalue weighted by Crippen LogP contribution is -2.15. The number of anilines is 3. The van der Waals surface area contributed by atoms with Gasteiger partial charge in [-0.2, -0.15) is 0 Å². The van der Waals surface area contributed by atoms with E-state index in [0.717, 1.165) is 12.1 Å². The van der Waals surface area contributed by atoms with Crippen molar-refractivity contribution in [2.45, 2.75) is 0 Å². The molecule has 0 atom stereocenters. The first-order valence-corrected chi connectivity index (χ1v) is 7.98. The van der Waals surface area contributed by atoms with Gasteiger partial charge in [0.15, 0.2) is 0 Å². The summed E-state index contributed by atoms with van der Waals surface area (Å²) in [6.07, 6.45) is 2.44. The van der Waals surface area contributed by atoms with Crippen molar-refractivity contribution in [3.8, 4) is 0 Å². The Morgan fingerprint density at radius 2 is 1.54 bits per heavy atom. The van der Waals surface area contributed by atoms with Crippen molar-refractivity contribution in [2.24, 2.45) is 0 Å². The van der Waals surface area contributed by atoms with Crippen LogP contribution in [-0.2, 0) is 0 Å². The van der Waals surface area contributed by atoms with E-state index in [1.54, 1.807) is 18.2 Å². The number of nitrogens with zero attached hydrogens (tertiary/aromatic N) is 2. The summed E-state index contributed by atoms with van der Waals surface area (Å²) in [5, 5.41) is 5.90. The summed E-state index contributed by atoms with van der Waals surface area (Å²) in [5.74, 6) is -2.31. The highest BCUT2D eigenvalue weighted by Gasteiger charge is 2.14. The molecule has 0 fully saturated rings. The summed E-state index contributed by atoms with van der Waals surface area (Å²) in [6.45, 7) is 0. The average Bonchev–Trinajstić information content (AvgIpc) is 2.58. The summed E-state index contributed by atoms with van der Waals surface area (Å²) in [6, 6.07) is 8.10. The lowest BCUT2D eigenvalue weighted by molar-refractivity contribution is 0.102. The van der Waals surface area contributed by atoms with Gasteiger partial charge in [-0.1, -0.05) is 29.3 Å². The number of benzene rings is 2. The summed E-state index contributed by atoms with van der Waals surface area (Å²) >= 11 is 11.8. The first-order chi connectivity index (χ1) is 12.4. The third kappa shape index (κ3) is 4.25. The molecule has 0 saturated heterocycles. The van der Waals surface area contributed by atoms with Crippen molar-refractivity contribution in [3.05, 3.63) is 76.0 Å². The highest BCUT2D eigenvalue weighted by molar-refractivity contribution is 6.35. The van der Waals surface area contributed by atoms with Gasteiger partial charge in [-0.05, 0) is 30.3 Å². The predicted molar refractivity (Wildman–Crippen MR) is 96.1 cm³/mol. The van der Waals surface area contributed by atoms with Crippen molar-refractivity contribution in [1.82, 2.24) is 9.97 Å². The van der Waals surface area contributed by atoms with E-state index in [1.165, 1.54) is 18.5 Å². The standard InChI is InChI=1S/C17H10Cl2F2N4O/c18-10-4-11(19)6-12(5-10)24-17-22-7-9(8-23-17)16(26)25-15-13(20)2-1-3-14(15)21/h1-8H,(H,25,26)(H,22,23,24). The second kappa shape index (κ2) is 7.63. The van der Waals surface area contributed by atoms with Crippen molar-refractivity contribution in [1.29, 1.82) is 0 Å². The summed E-state index contributed by atoms with van der Waals surface area (Å²) in [7, 11) is 0. The molecule has 0 aliphatic heterocycles. The Labute approximate surface area is 157 Å². The maximum atomic E-state index is 13.6. The van der Waals surface area contributed by atoms with Crippen LogP contribution in [0.25, 0.3) is 0 Å². The van der Waals surface area contributed by atoms with Crippen LogP contribution in [0.3, 0.4) is 0 Å². The normalized spacial score (nSPS) is 10.5. The van der Waals surface area contributed by atoms with Crippen LogP contribution in [-0.4, -0.2) is 15.9 Å². The largest absolute Gasteiger partial charge is 0.324 e. The van der Waals surface area contributed by atoms with Gasteiger partial charge in [0, 0.05) is 28.1 Å². The van der Waals surface area contributed by atoms with E-state index < -0.39 is 23.2 Å². The highest BCUT2D eigenvalue weighted by atomic mass is 35.5. The van der Waals surface area contributed by atoms with E-state index >= 15 is 0 Å². The fourth-order valence-corrected chi connectivity index (χ4v) is 2.59. The van der Waals surface area contributed by atoms with Crippen molar-refractivity contribution in [3.63, 3.8) is 0 Å². The minimum Gasteiger partial charge on any atom is -0.324 e. The zero-order chi connectivity index (χ0) is 18.7. The third-order valence-corrected chi connectivity index (χ3v) is 3.67. The van der Waals surface area contributed by atoms with Gasteiger partial charge in [0.2, 0.25) is 5.95 Å². The quantitative estimate of drug-likeness (QED) is 0.648. The number of halogens is 4. The zero-order valence-corrected chi connectivity index (χ0v) is 14.4. The molecule has 1 heterocycles. The fourth-order valence-electron chi connectivity index (χ4n) is 2.07. The van der Waals surface area contributed by atoms with Crippen molar-refractivity contribution >= 4 is 46.4 Å². The van der Waals surface area contributed by atoms with Crippen LogP contribution in [0, 0.1) is 11.6 Å². The maximum Gasteiger partial charge on any atom is 0.258 e. The van der Waals surface area contributed by atoms with Gasteiger partial charge in [0.05, 0.1) is 5.56 Å². The van der Waals surface area contributed by atoms with E-state index in [9.17, 15) is 13.6 Å². The number of rotatable bonds is 4. The first kappa shape index (κ1) is 18.0. The Hall–Kier alpha value is -2.77. The van der Waals surface area contributed by atoms with E-state index in [1.807, 2.05) is 0 Å². The van der Waals surface area contributed by atoms with Crippen LogP contribution < -0.4 is 10.6 Å². The van der Waals surface area contributed by atoms with Crippen LogP contribution in [0.2, 0.25) is 10.0 Å². The molecule has 3 rings (SSSR count). The number of para-hydroxylation sites is 1. The minimum atomic E-state index is -0.879. The third-order valence-electron chi connectivity index (χ3n) is 3.23. The predicted octanol–water partition coefficient (Wildman–Crippen LogP) is 5.06. The van der Waals surface area contributed by atoms with Crippen LogP contribution in [0.4, 0.5) is 26.1 Å². The van der Waals surface area contributed by atoms with Gasteiger partial charge >= 0.3 is 0 Å². The number of carbonyl (C=O) groups excluding carboxylic acids is 1. The molecule has 0 spiro atoms. The van der Waals surface area contributed by atoms with Gasteiger partial charge < -0.3 is 10.6 Å². The molecular weight excluding hydrogens is 385 g/mol. The Kier molecular flexibility index (Phi) is 5.29. The first-order valence-electron chi connectivity index (χ1n) is 7.23. The fraction of sp³-hybridized carbons (Fsp3) is 0. The number of nitrogens with one attached hydrogen (secondary N) is 2. The van der Waals surface area contributed by atoms with Gasteiger partial charge in [-0.15, -0.1) is 0 Å². The molecule has 2 aromatic carbocycles. The van der Waals surface area contributed by atoms with E-state index in [2.05, 4.69) is 20.6 Å². The molecule has 0 aliphatic carbocycles. The number of aromatic nitrogens is 2. The lowest BCUT2D eigenvalue weighted by atomic mass is 10.2. The molecule has 132 valence electrons. The van der Waals surface area contributed by atoms with Gasteiger partial charge in [0.25, 0.3) is 5.91 Å².